The van der Waals surface area contributed by atoms with Gasteiger partial charge in [0.2, 0.25) is 0 Å². The quantitative estimate of drug-likeness (QED) is 0.551. The van der Waals surface area contributed by atoms with E-state index in [4.69, 9.17) is 0 Å². The third-order valence-corrected chi connectivity index (χ3v) is 3.17. The van der Waals surface area contributed by atoms with Crippen molar-refractivity contribution in [2.45, 2.75) is 32.4 Å². The molecule has 0 aliphatic carbocycles. The molecule has 3 heterocycles. The Morgan fingerprint density at radius 3 is 2.55 bits per heavy atom. The lowest BCUT2D eigenvalue weighted by atomic mass is 10.0. The van der Waals surface area contributed by atoms with Gasteiger partial charge in [-0.2, -0.15) is 0 Å². The Morgan fingerprint density at radius 1 is 1.27 bits per heavy atom. The van der Waals surface area contributed by atoms with Crippen LogP contribution in [-0.4, -0.2) is 48.1 Å². The summed E-state index contributed by atoms with van der Waals surface area (Å²) in [5.74, 6) is 0. The fourth-order valence-corrected chi connectivity index (χ4v) is 2.52. The highest BCUT2D eigenvalue weighted by atomic mass is 15.4. The molecule has 3 rings (SSSR count). The van der Waals surface area contributed by atoms with Crippen LogP contribution in [-0.2, 0) is 0 Å². The fraction of sp³-hybridized carbons (Fsp3) is 1.00. The van der Waals surface area contributed by atoms with E-state index in [0.717, 1.165) is 12.1 Å². The third kappa shape index (κ3) is 1.18. The van der Waals surface area contributed by atoms with Gasteiger partial charge in [-0.3, -0.25) is 9.80 Å². The molecule has 3 fully saturated rings. The van der Waals surface area contributed by atoms with Crippen LogP contribution in [0.15, 0.2) is 0 Å². The van der Waals surface area contributed by atoms with Crippen LogP contribution in [0.3, 0.4) is 0 Å². The summed E-state index contributed by atoms with van der Waals surface area (Å²) in [7, 11) is 0. The summed E-state index contributed by atoms with van der Waals surface area (Å²) in [6.07, 6.45) is 1.32. The van der Waals surface area contributed by atoms with E-state index in [1.165, 1.54) is 32.6 Å². The van der Waals surface area contributed by atoms with Crippen molar-refractivity contribution in [1.82, 2.24) is 9.80 Å². The molecule has 0 aromatic rings. The zero-order chi connectivity index (χ0) is 7.84. The van der Waals surface area contributed by atoms with Crippen LogP contribution in [0.4, 0.5) is 0 Å². The summed E-state index contributed by atoms with van der Waals surface area (Å²) in [4.78, 5) is 5.29. The Bertz CT molecular complexity index is 146. The molecule has 3 aliphatic rings. The number of rotatable bonds is 1. The largest absolute Gasteiger partial charge is 0.299 e. The second kappa shape index (κ2) is 2.76. The predicted molar refractivity (Wildman–Crippen MR) is 46.7 cm³/mol. The van der Waals surface area contributed by atoms with Crippen LogP contribution in [0.1, 0.15) is 20.3 Å². The number of fused-ring (bicyclic) bond motifs is 3. The van der Waals surface area contributed by atoms with Crippen LogP contribution in [0.2, 0.25) is 0 Å². The minimum absolute atomic E-state index is 0.808. The lowest BCUT2D eigenvalue weighted by Crippen LogP contribution is -2.64. The molecule has 0 saturated carbocycles. The van der Waals surface area contributed by atoms with Crippen LogP contribution < -0.4 is 0 Å². The summed E-state index contributed by atoms with van der Waals surface area (Å²) in [5.41, 5.74) is 0. The summed E-state index contributed by atoms with van der Waals surface area (Å²) in [6.45, 7) is 9.89. The topological polar surface area (TPSA) is 6.48 Å². The van der Waals surface area contributed by atoms with E-state index >= 15 is 0 Å². The highest BCUT2D eigenvalue weighted by molar-refractivity contribution is 4.91. The monoisotopic (exact) mass is 154 g/mol. The van der Waals surface area contributed by atoms with Gasteiger partial charge >= 0.3 is 0 Å². The van der Waals surface area contributed by atoms with Gasteiger partial charge in [0, 0.05) is 38.3 Å². The van der Waals surface area contributed by atoms with Gasteiger partial charge in [0.1, 0.15) is 0 Å². The number of piperazine rings is 3. The molecule has 0 aromatic carbocycles. The number of hydrogen-bond donors (Lipinski definition) is 0. The molecule has 0 radical (unpaired) electrons. The summed E-state index contributed by atoms with van der Waals surface area (Å²) in [5, 5.41) is 0. The van der Waals surface area contributed by atoms with Gasteiger partial charge in [0.15, 0.2) is 0 Å². The van der Waals surface area contributed by atoms with Crippen molar-refractivity contribution in [2.24, 2.45) is 0 Å². The maximum Gasteiger partial charge on any atom is 0.0224 e. The Kier molecular flexibility index (Phi) is 1.90. The molecular formula is C9H18N2. The van der Waals surface area contributed by atoms with Crippen molar-refractivity contribution >= 4 is 0 Å². The highest BCUT2D eigenvalue weighted by Crippen LogP contribution is 2.22. The van der Waals surface area contributed by atoms with Gasteiger partial charge < -0.3 is 0 Å². The zero-order valence-corrected chi connectivity index (χ0v) is 7.58. The van der Waals surface area contributed by atoms with E-state index in [0.29, 0.717) is 0 Å². The summed E-state index contributed by atoms with van der Waals surface area (Å²) >= 11 is 0. The standard InChI is InChI=1S/C9H18N2/c1-3-9-7-10-4-5-11(9)8(2)6-10/h8-9H,3-7H2,1-2H3. The van der Waals surface area contributed by atoms with Gasteiger partial charge in [-0.15, -0.1) is 0 Å². The first-order valence-corrected chi connectivity index (χ1v) is 4.79. The zero-order valence-electron chi connectivity index (χ0n) is 7.58. The molecule has 64 valence electrons. The molecule has 4 atom stereocenters. The molecule has 0 spiro atoms. The molecule has 3 saturated heterocycles. The molecule has 11 heavy (non-hydrogen) atoms. The van der Waals surface area contributed by atoms with E-state index in [2.05, 4.69) is 23.6 Å². The lowest BCUT2D eigenvalue weighted by molar-refractivity contribution is -0.0268. The summed E-state index contributed by atoms with van der Waals surface area (Å²) in [6, 6.07) is 1.66. The maximum atomic E-state index is 2.68. The van der Waals surface area contributed by atoms with Gasteiger partial charge in [-0.25, -0.2) is 0 Å². The normalized spacial score (nSPS) is 49.6. The fourth-order valence-electron chi connectivity index (χ4n) is 2.52. The van der Waals surface area contributed by atoms with Crippen molar-refractivity contribution in [2.75, 3.05) is 26.2 Å². The molecule has 4 unspecified atom stereocenters. The SMILES string of the molecule is CCC1CN2CCN1C(C)C2. The molecule has 2 bridgehead atoms. The van der Waals surface area contributed by atoms with Crippen LogP contribution in [0, 0.1) is 0 Å². The Morgan fingerprint density at radius 2 is 2.09 bits per heavy atom. The van der Waals surface area contributed by atoms with Gasteiger partial charge in [0.25, 0.3) is 0 Å². The number of nitrogens with zero attached hydrogens (tertiary/aromatic N) is 2. The van der Waals surface area contributed by atoms with Crippen molar-refractivity contribution in [3.8, 4) is 0 Å². The summed E-state index contributed by atoms with van der Waals surface area (Å²) < 4.78 is 0. The van der Waals surface area contributed by atoms with Gasteiger partial charge in [-0.05, 0) is 13.3 Å². The van der Waals surface area contributed by atoms with E-state index < -0.39 is 0 Å². The molecule has 3 aliphatic heterocycles. The first-order chi connectivity index (χ1) is 5.31. The second-order valence-electron chi connectivity index (χ2n) is 3.91. The van der Waals surface area contributed by atoms with E-state index in [-0.39, 0.29) is 0 Å². The third-order valence-electron chi connectivity index (χ3n) is 3.17. The van der Waals surface area contributed by atoms with E-state index in [9.17, 15) is 0 Å². The van der Waals surface area contributed by atoms with E-state index in [1.807, 2.05) is 0 Å². The average molecular weight is 154 g/mol. The molecule has 2 nitrogen and oxygen atoms in total. The minimum atomic E-state index is 0.808. The Balaban J connectivity index is 2.07. The highest BCUT2D eigenvalue weighted by Gasteiger charge is 2.35. The van der Waals surface area contributed by atoms with Crippen LogP contribution in [0.25, 0.3) is 0 Å². The van der Waals surface area contributed by atoms with Crippen molar-refractivity contribution in [1.29, 1.82) is 0 Å². The minimum Gasteiger partial charge on any atom is -0.299 e. The van der Waals surface area contributed by atoms with Crippen molar-refractivity contribution < 1.29 is 0 Å². The van der Waals surface area contributed by atoms with Gasteiger partial charge in [0.05, 0.1) is 0 Å². The molecule has 0 N–H and O–H groups in total. The van der Waals surface area contributed by atoms with Crippen LogP contribution >= 0.6 is 0 Å². The van der Waals surface area contributed by atoms with Crippen molar-refractivity contribution in [3.05, 3.63) is 0 Å². The first kappa shape index (κ1) is 7.56. The first-order valence-electron chi connectivity index (χ1n) is 4.79. The lowest BCUT2D eigenvalue weighted by Gasteiger charge is -2.51. The van der Waals surface area contributed by atoms with Gasteiger partial charge in [-0.1, -0.05) is 6.92 Å². The molecule has 0 amide bonds. The number of hydrogen-bond acceptors (Lipinski definition) is 2. The predicted octanol–water partition coefficient (Wildman–Crippen LogP) is 0.785. The Hall–Kier alpha value is -0.0800. The van der Waals surface area contributed by atoms with Crippen molar-refractivity contribution in [3.63, 3.8) is 0 Å². The average Bonchev–Trinajstić information content (AvgIpc) is 2.04. The smallest absolute Gasteiger partial charge is 0.0224 e. The van der Waals surface area contributed by atoms with E-state index in [1.54, 1.807) is 0 Å². The second-order valence-corrected chi connectivity index (χ2v) is 3.91. The molecule has 2 heteroatoms. The Labute approximate surface area is 69.2 Å². The maximum absolute atomic E-state index is 2.68. The molecule has 0 aromatic heterocycles. The molecular weight excluding hydrogens is 136 g/mol. The van der Waals surface area contributed by atoms with Crippen LogP contribution in [0.5, 0.6) is 0 Å².